The van der Waals surface area contributed by atoms with E-state index in [1.54, 1.807) is 0 Å². The number of aromatic nitrogens is 2. The quantitative estimate of drug-likeness (QED) is 0.866. The second kappa shape index (κ2) is 7.62. The lowest BCUT2D eigenvalue weighted by atomic mass is 9.72. The van der Waals surface area contributed by atoms with Gasteiger partial charge >= 0.3 is 0 Å². The van der Waals surface area contributed by atoms with E-state index in [0.717, 1.165) is 58.5 Å². The molecule has 1 N–H and O–H groups in total. The highest BCUT2D eigenvalue weighted by atomic mass is 16.3. The summed E-state index contributed by atoms with van der Waals surface area (Å²) in [6.07, 6.45) is 9.41. The molecule has 0 bridgehead atoms. The molecule has 28 heavy (non-hydrogen) atoms. The Morgan fingerprint density at radius 3 is 2.54 bits per heavy atom. The van der Waals surface area contributed by atoms with Crippen LogP contribution in [-0.4, -0.2) is 63.5 Å². The first kappa shape index (κ1) is 18.3. The van der Waals surface area contributed by atoms with Crippen LogP contribution in [-0.2, 0) is 12.0 Å². The van der Waals surface area contributed by atoms with Crippen LogP contribution in [0.15, 0.2) is 42.7 Å². The third-order valence-corrected chi connectivity index (χ3v) is 7.38. The predicted octanol–water partition coefficient (Wildman–Crippen LogP) is 2.82. The number of fused-ring (bicyclic) bond motifs is 2. The minimum atomic E-state index is -0.269. The monoisotopic (exact) mass is 380 g/mol. The van der Waals surface area contributed by atoms with E-state index in [0.29, 0.717) is 0 Å². The number of aliphatic hydroxyl groups is 1. The van der Waals surface area contributed by atoms with Gasteiger partial charge in [0, 0.05) is 24.4 Å². The van der Waals surface area contributed by atoms with E-state index in [1.807, 2.05) is 23.1 Å². The van der Waals surface area contributed by atoms with Crippen molar-refractivity contribution in [3.63, 3.8) is 0 Å². The smallest absolute Gasteiger partial charge is 0.0834 e. The maximum Gasteiger partial charge on any atom is 0.0834 e. The van der Waals surface area contributed by atoms with Crippen LogP contribution < -0.4 is 0 Å². The SMILES string of the molecule is O[C@H]1[C@H](N2CCCC2)c2ccccc2C12CCN(CCCn1cccn1)CC2. The second-order valence-electron chi connectivity index (χ2n) is 8.84. The Morgan fingerprint density at radius 2 is 1.79 bits per heavy atom. The van der Waals surface area contributed by atoms with Gasteiger partial charge in [-0.25, -0.2) is 0 Å². The van der Waals surface area contributed by atoms with E-state index in [9.17, 15) is 5.11 Å². The average molecular weight is 381 g/mol. The summed E-state index contributed by atoms with van der Waals surface area (Å²) in [4.78, 5) is 5.11. The standard InChI is InChI=1S/C23H32N4O/c28-22-21(26-13-3-4-14-26)19-7-1-2-8-20(19)23(22)9-17-25(18-10-23)12-6-16-27-15-5-11-24-27/h1-2,5,7-8,11,15,21-22,28H,3-4,6,9-10,12-14,16-18H2/t21-,22+/m1/s1. The number of aryl methyl sites for hydroxylation is 1. The summed E-state index contributed by atoms with van der Waals surface area (Å²) in [6.45, 7) is 6.52. The molecule has 0 unspecified atom stereocenters. The first-order chi connectivity index (χ1) is 13.8. The lowest BCUT2D eigenvalue weighted by Crippen LogP contribution is -2.49. The van der Waals surface area contributed by atoms with Crippen LogP contribution in [0.2, 0.25) is 0 Å². The molecule has 3 aliphatic rings. The molecule has 2 atom stereocenters. The molecule has 2 fully saturated rings. The van der Waals surface area contributed by atoms with E-state index in [-0.39, 0.29) is 17.6 Å². The Kier molecular flexibility index (Phi) is 4.99. The van der Waals surface area contributed by atoms with Gasteiger partial charge in [0.25, 0.3) is 0 Å². The lowest BCUT2D eigenvalue weighted by molar-refractivity contribution is -0.00959. The summed E-state index contributed by atoms with van der Waals surface area (Å²) < 4.78 is 2.02. The van der Waals surface area contributed by atoms with Crippen molar-refractivity contribution >= 4 is 0 Å². The van der Waals surface area contributed by atoms with Crippen molar-refractivity contribution in [3.05, 3.63) is 53.9 Å². The number of aliphatic hydroxyl groups excluding tert-OH is 1. The van der Waals surface area contributed by atoms with Crippen LogP contribution in [0.3, 0.4) is 0 Å². The molecule has 1 spiro atoms. The van der Waals surface area contributed by atoms with E-state index in [1.165, 1.54) is 24.0 Å². The Balaban J connectivity index is 1.28. The van der Waals surface area contributed by atoms with Crippen LogP contribution in [0.5, 0.6) is 0 Å². The average Bonchev–Trinajstić information content (AvgIpc) is 3.46. The molecular formula is C23H32N4O. The van der Waals surface area contributed by atoms with Gasteiger partial charge in [-0.3, -0.25) is 9.58 Å². The zero-order valence-corrected chi connectivity index (χ0v) is 16.7. The molecule has 0 radical (unpaired) electrons. The Labute approximate surface area is 168 Å². The van der Waals surface area contributed by atoms with E-state index >= 15 is 0 Å². The Bertz CT molecular complexity index is 776. The number of likely N-dealkylation sites (tertiary alicyclic amines) is 2. The molecule has 1 aliphatic carbocycles. The number of nitrogens with zero attached hydrogens (tertiary/aromatic N) is 4. The summed E-state index contributed by atoms with van der Waals surface area (Å²) in [7, 11) is 0. The third kappa shape index (κ3) is 3.10. The largest absolute Gasteiger partial charge is 0.390 e. The van der Waals surface area contributed by atoms with Crippen LogP contribution in [0.1, 0.15) is 49.3 Å². The molecule has 5 heteroatoms. The highest BCUT2D eigenvalue weighted by Crippen LogP contribution is 2.53. The fourth-order valence-electron chi connectivity index (χ4n) is 5.89. The number of rotatable bonds is 5. The van der Waals surface area contributed by atoms with Crippen LogP contribution in [0, 0.1) is 0 Å². The number of hydrogen-bond acceptors (Lipinski definition) is 4. The molecule has 1 aromatic heterocycles. The maximum atomic E-state index is 11.6. The van der Waals surface area contributed by atoms with Gasteiger partial charge in [-0.15, -0.1) is 0 Å². The zero-order chi connectivity index (χ0) is 19.0. The van der Waals surface area contributed by atoms with Crippen molar-refractivity contribution in [3.8, 4) is 0 Å². The fraction of sp³-hybridized carbons (Fsp3) is 0.609. The summed E-state index contributed by atoms with van der Waals surface area (Å²) in [6, 6.07) is 11.1. The van der Waals surface area contributed by atoms with Gasteiger partial charge < -0.3 is 10.0 Å². The minimum absolute atomic E-state index is 0.0532. The highest BCUT2D eigenvalue weighted by Gasteiger charge is 2.54. The van der Waals surface area contributed by atoms with Crippen molar-refractivity contribution in [1.82, 2.24) is 19.6 Å². The molecule has 0 amide bonds. The van der Waals surface area contributed by atoms with Crippen molar-refractivity contribution in [1.29, 1.82) is 0 Å². The van der Waals surface area contributed by atoms with Crippen molar-refractivity contribution in [2.45, 2.75) is 56.2 Å². The first-order valence-electron chi connectivity index (χ1n) is 11.0. The zero-order valence-electron chi connectivity index (χ0n) is 16.7. The molecule has 2 saturated heterocycles. The molecule has 5 rings (SSSR count). The maximum absolute atomic E-state index is 11.6. The van der Waals surface area contributed by atoms with Gasteiger partial charge in [-0.1, -0.05) is 24.3 Å². The summed E-state index contributed by atoms with van der Waals surface area (Å²) in [5.74, 6) is 0. The van der Waals surface area contributed by atoms with Crippen LogP contribution >= 0.6 is 0 Å². The van der Waals surface area contributed by atoms with Gasteiger partial charge in [0.2, 0.25) is 0 Å². The molecule has 5 nitrogen and oxygen atoms in total. The Hall–Kier alpha value is -1.69. The van der Waals surface area contributed by atoms with E-state index < -0.39 is 0 Å². The van der Waals surface area contributed by atoms with Crippen molar-refractivity contribution in [2.75, 3.05) is 32.7 Å². The second-order valence-corrected chi connectivity index (χ2v) is 8.84. The summed E-state index contributed by atoms with van der Waals surface area (Å²) >= 11 is 0. The fourth-order valence-corrected chi connectivity index (χ4v) is 5.89. The topological polar surface area (TPSA) is 44.5 Å². The molecule has 150 valence electrons. The number of hydrogen-bond donors (Lipinski definition) is 1. The molecule has 2 aliphatic heterocycles. The normalized spacial score (nSPS) is 27.5. The first-order valence-corrected chi connectivity index (χ1v) is 11.0. The molecule has 0 saturated carbocycles. The molecule has 3 heterocycles. The molecule has 1 aromatic carbocycles. The van der Waals surface area contributed by atoms with E-state index in [2.05, 4.69) is 39.2 Å². The highest BCUT2D eigenvalue weighted by molar-refractivity contribution is 5.45. The van der Waals surface area contributed by atoms with Crippen LogP contribution in [0.4, 0.5) is 0 Å². The summed E-state index contributed by atoms with van der Waals surface area (Å²) in [5.41, 5.74) is 2.77. The van der Waals surface area contributed by atoms with Gasteiger partial charge in [0.05, 0.1) is 12.1 Å². The molecule has 2 aromatic rings. The van der Waals surface area contributed by atoms with Gasteiger partial charge in [-0.2, -0.15) is 5.10 Å². The number of piperidine rings is 1. The molecular weight excluding hydrogens is 348 g/mol. The van der Waals surface area contributed by atoms with Crippen LogP contribution in [0.25, 0.3) is 0 Å². The lowest BCUT2D eigenvalue weighted by Gasteiger charge is -2.43. The third-order valence-electron chi connectivity index (χ3n) is 7.38. The van der Waals surface area contributed by atoms with Crippen molar-refractivity contribution < 1.29 is 5.11 Å². The van der Waals surface area contributed by atoms with Gasteiger partial charge in [0.15, 0.2) is 0 Å². The number of benzene rings is 1. The van der Waals surface area contributed by atoms with Crippen molar-refractivity contribution in [2.24, 2.45) is 0 Å². The van der Waals surface area contributed by atoms with Gasteiger partial charge in [-0.05, 0) is 82.0 Å². The van der Waals surface area contributed by atoms with E-state index in [4.69, 9.17) is 0 Å². The Morgan fingerprint density at radius 1 is 1.00 bits per heavy atom. The minimum Gasteiger partial charge on any atom is -0.390 e. The van der Waals surface area contributed by atoms with Gasteiger partial charge in [0.1, 0.15) is 0 Å². The summed E-state index contributed by atoms with van der Waals surface area (Å²) in [5, 5.41) is 15.9. The predicted molar refractivity (Wildman–Crippen MR) is 110 cm³/mol.